The van der Waals surface area contributed by atoms with E-state index in [-0.39, 0.29) is 6.03 Å². The van der Waals surface area contributed by atoms with Gasteiger partial charge in [-0.1, -0.05) is 29.0 Å². The van der Waals surface area contributed by atoms with Gasteiger partial charge in [0.1, 0.15) is 0 Å². The van der Waals surface area contributed by atoms with E-state index in [0.717, 1.165) is 15.8 Å². The molecule has 0 unspecified atom stereocenters. The topological polar surface area (TPSA) is 54.0 Å². The third-order valence-electron chi connectivity index (χ3n) is 3.74. The van der Waals surface area contributed by atoms with Crippen LogP contribution >= 0.6 is 22.9 Å². The molecule has 1 aromatic heterocycles. The average molecular weight is 346 g/mol. The van der Waals surface area contributed by atoms with Crippen molar-refractivity contribution in [2.24, 2.45) is 0 Å². The molecule has 0 saturated heterocycles. The molecule has 0 aliphatic rings. The van der Waals surface area contributed by atoms with Crippen molar-refractivity contribution in [3.8, 4) is 0 Å². The van der Waals surface area contributed by atoms with E-state index < -0.39 is 0 Å². The molecule has 118 valence electrons. The van der Waals surface area contributed by atoms with E-state index in [9.17, 15) is 4.79 Å². The van der Waals surface area contributed by atoms with Crippen LogP contribution in [0.4, 0.5) is 15.6 Å². The summed E-state index contributed by atoms with van der Waals surface area (Å²) < 4.78 is 1.06. The molecule has 0 aliphatic carbocycles. The summed E-state index contributed by atoms with van der Waals surface area (Å²) in [4.78, 5) is 16.6. The number of aryl methyl sites for hydroxylation is 2. The van der Waals surface area contributed by atoms with E-state index in [0.29, 0.717) is 15.8 Å². The summed E-state index contributed by atoms with van der Waals surface area (Å²) in [5, 5.41) is 6.77. The van der Waals surface area contributed by atoms with Gasteiger partial charge in [0.15, 0.2) is 5.13 Å². The normalized spacial score (nSPS) is 10.8. The molecule has 2 amide bonds. The number of hydrogen-bond acceptors (Lipinski definition) is 3. The summed E-state index contributed by atoms with van der Waals surface area (Å²) >= 11 is 7.52. The molecule has 2 aromatic carbocycles. The highest BCUT2D eigenvalue weighted by Crippen LogP contribution is 2.29. The Morgan fingerprint density at radius 1 is 1.13 bits per heavy atom. The standard InChI is InChI=1S/C17H16ClN3OS/c1-9-7-14-15(8-10(9)2)23-17(20-14)21-16(22)19-13-6-4-5-12(18)11(13)3/h4-8H,1-3H3,(H2,19,20,21,22). The van der Waals surface area contributed by atoms with E-state index in [1.54, 1.807) is 12.1 Å². The maximum absolute atomic E-state index is 12.2. The minimum absolute atomic E-state index is 0.331. The zero-order valence-electron chi connectivity index (χ0n) is 13.0. The lowest BCUT2D eigenvalue weighted by molar-refractivity contribution is 0.262. The highest BCUT2D eigenvalue weighted by atomic mass is 35.5. The molecule has 0 fully saturated rings. The Balaban J connectivity index is 1.79. The van der Waals surface area contributed by atoms with Crippen molar-refractivity contribution in [1.82, 2.24) is 4.98 Å². The second-order valence-electron chi connectivity index (χ2n) is 5.41. The van der Waals surface area contributed by atoms with Crippen molar-refractivity contribution in [2.75, 3.05) is 10.6 Å². The number of rotatable bonds is 2. The summed E-state index contributed by atoms with van der Waals surface area (Å²) in [6.07, 6.45) is 0. The summed E-state index contributed by atoms with van der Waals surface area (Å²) in [6.45, 7) is 5.98. The van der Waals surface area contributed by atoms with Crippen molar-refractivity contribution < 1.29 is 4.79 Å². The van der Waals surface area contributed by atoms with Crippen molar-refractivity contribution in [3.05, 3.63) is 52.0 Å². The largest absolute Gasteiger partial charge is 0.325 e. The number of carbonyl (C=O) groups is 1. The van der Waals surface area contributed by atoms with E-state index in [1.165, 1.54) is 22.5 Å². The van der Waals surface area contributed by atoms with Gasteiger partial charge >= 0.3 is 6.03 Å². The second kappa shape index (κ2) is 6.18. The number of nitrogens with one attached hydrogen (secondary N) is 2. The number of aromatic nitrogens is 1. The van der Waals surface area contributed by atoms with Crippen LogP contribution in [-0.2, 0) is 0 Å². The monoisotopic (exact) mass is 345 g/mol. The van der Waals surface area contributed by atoms with Crippen molar-refractivity contribution in [3.63, 3.8) is 0 Å². The predicted molar refractivity (Wildman–Crippen MR) is 97.9 cm³/mol. The molecule has 0 aliphatic heterocycles. The lowest BCUT2D eigenvalue weighted by atomic mass is 10.1. The maximum atomic E-state index is 12.2. The van der Waals surface area contributed by atoms with Gasteiger partial charge < -0.3 is 5.32 Å². The summed E-state index contributed by atoms with van der Waals surface area (Å²) in [7, 11) is 0. The molecule has 3 aromatic rings. The van der Waals surface area contributed by atoms with Crippen LogP contribution in [0.5, 0.6) is 0 Å². The number of urea groups is 1. The summed E-state index contributed by atoms with van der Waals surface area (Å²) in [5.74, 6) is 0. The second-order valence-corrected chi connectivity index (χ2v) is 6.85. The highest BCUT2D eigenvalue weighted by Gasteiger charge is 2.10. The fourth-order valence-electron chi connectivity index (χ4n) is 2.23. The molecule has 2 N–H and O–H groups in total. The first kappa shape index (κ1) is 15.8. The number of halogens is 1. The average Bonchev–Trinajstić information content (AvgIpc) is 2.85. The minimum Gasteiger partial charge on any atom is -0.307 e. The van der Waals surface area contributed by atoms with Gasteiger partial charge in [0.05, 0.1) is 10.2 Å². The first-order chi connectivity index (χ1) is 10.9. The van der Waals surface area contributed by atoms with Gasteiger partial charge in [0, 0.05) is 10.7 Å². The number of hydrogen-bond donors (Lipinski definition) is 2. The third kappa shape index (κ3) is 3.30. The van der Waals surface area contributed by atoms with Gasteiger partial charge in [-0.25, -0.2) is 9.78 Å². The maximum Gasteiger partial charge on any atom is 0.325 e. The highest BCUT2D eigenvalue weighted by molar-refractivity contribution is 7.22. The number of thiazole rings is 1. The fourth-order valence-corrected chi connectivity index (χ4v) is 3.34. The van der Waals surface area contributed by atoms with Gasteiger partial charge in [0.25, 0.3) is 0 Å². The van der Waals surface area contributed by atoms with Crippen molar-refractivity contribution in [1.29, 1.82) is 0 Å². The Morgan fingerprint density at radius 3 is 2.65 bits per heavy atom. The van der Waals surface area contributed by atoms with E-state index in [4.69, 9.17) is 11.6 Å². The SMILES string of the molecule is Cc1cc2nc(NC(=O)Nc3cccc(Cl)c3C)sc2cc1C. The number of nitrogens with zero attached hydrogens (tertiary/aromatic N) is 1. The van der Waals surface area contributed by atoms with Gasteiger partial charge in [-0.15, -0.1) is 0 Å². The molecular weight excluding hydrogens is 330 g/mol. The molecule has 6 heteroatoms. The first-order valence-corrected chi connectivity index (χ1v) is 8.34. The Morgan fingerprint density at radius 2 is 1.87 bits per heavy atom. The number of fused-ring (bicyclic) bond motifs is 1. The lowest BCUT2D eigenvalue weighted by Gasteiger charge is -2.09. The number of benzene rings is 2. The molecule has 3 rings (SSSR count). The van der Waals surface area contributed by atoms with E-state index in [1.807, 2.05) is 19.1 Å². The number of amides is 2. The molecule has 0 saturated carbocycles. The van der Waals surface area contributed by atoms with Crippen LogP contribution in [0.1, 0.15) is 16.7 Å². The fraction of sp³-hybridized carbons (Fsp3) is 0.176. The Labute approximate surface area is 143 Å². The predicted octanol–water partition coefficient (Wildman–Crippen LogP) is 5.52. The van der Waals surface area contributed by atoms with Crippen molar-refractivity contribution >= 4 is 50.0 Å². The van der Waals surface area contributed by atoms with Crippen LogP contribution in [0.15, 0.2) is 30.3 Å². The summed E-state index contributed by atoms with van der Waals surface area (Å²) in [5.41, 5.74) is 4.81. The minimum atomic E-state index is -0.331. The van der Waals surface area contributed by atoms with Crippen LogP contribution in [0.2, 0.25) is 5.02 Å². The van der Waals surface area contributed by atoms with Crippen LogP contribution in [0.25, 0.3) is 10.2 Å². The molecule has 4 nitrogen and oxygen atoms in total. The van der Waals surface area contributed by atoms with Crippen LogP contribution in [0, 0.1) is 20.8 Å². The number of anilines is 2. The van der Waals surface area contributed by atoms with Gasteiger partial charge in [-0.3, -0.25) is 5.32 Å². The zero-order valence-corrected chi connectivity index (χ0v) is 14.6. The zero-order chi connectivity index (χ0) is 16.6. The first-order valence-electron chi connectivity index (χ1n) is 7.15. The molecule has 0 radical (unpaired) electrons. The van der Waals surface area contributed by atoms with Crippen LogP contribution in [0.3, 0.4) is 0 Å². The molecule has 1 heterocycles. The smallest absolute Gasteiger partial charge is 0.307 e. The molecule has 0 bridgehead atoms. The van der Waals surface area contributed by atoms with Crippen LogP contribution in [-0.4, -0.2) is 11.0 Å². The molecule has 23 heavy (non-hydrogen) atoms. The summed E-state index contributed by atoms with van der Waals surface area (Å²) in [6, 6.07) is 9.19. The van der Waals surface area contributed by atoms with Gasteiger partial charge in [-0.05, 0) is 61.7 Å². The van der Waals surface area contributed by atoms with E-state index in [2.05, 4.69) is 35.5 Å². The third-order valence-corrected chi connectivity index (χ3v) is 5.08. The Hall–Kier alpha value is -2.11. The van der Waals surface area contributed by atoms with Crippen LogP contribution < -0.4 is 10.6 Å². The Kier molecular flexibility index (Phi) is 4.24. The molecule has 0 atom stereocenters. The van der Waals surface area contributed by atoms with Crippen molar-refractivity contribution in [2.45, 2.75) is 20.8 Å². The number of carbonyl (C=O) groups excluding carboxylic acids is 1. The van der Waals surface area contributed by atoms with Gasteiger partial charge in [-0.2, -0.15) is 0 Å². The quantitative estimate of drug-likeness (QED) is 0.642. The van der Waals surface area contributed by atoms with Gasteiger partial charge in [0.2, 0.25) is 0 Å². The molecule has 0 spiro atoms. The van der Waals surface area contributed by atoms with E-state index >= 15 is 0 Å². The Bertz CT molecular complexity index is 865. The molecular formula is C17H16ClN3OS. The lowest BCUT2D eigenvalue weighted by Crippen LogP contribution is -2.19.